The van der Waals surface area contributed by atoms with Crippen molar-refractivity contribution in [3.63, 3.8) is 0 Å². The van der Waals surface area contributed by atoms with Gasteiger partial charge in [0.05, 0.1) is 12.3 Å². The number of ether oxygens (including phenoxy) is 1. The van der Waals surface area contributed by atoms with Gasteiger partial charge in [-0.2, -0.15) is 0 Å². The van der Waals surface area contributed by atoms with Gasteiger partial charge in [0.2, 0.25) is 0 Å². The van der Waals surface area contributed by atoms with Crippen LogP contribution in [0.1, 0.15) is 60.3 Å². The molecular weight excluding hydrogens is 200 g/mol. The van der Waals surface area contributed by atoms with Gasteiger partial charge in [-0.15, -0.1) is 0 Å². The van der Waals surface area contributed by atoms with Gasteiger partial charge in [0.1, 0.15) is 6.23 Å². The molecule has 0 spiro atoms. The lowest BCUT2D eigenvalue weighted by molar-refractivity contribution is 0.142. The van der Waals surface area contributed by atoms with Crippen molar-refractivity contribution in [1.29, 1.82) is 0 Å². The number of hydrogen-bond donors (Lipinski definition) is 2. The molecule has 1 fully saturated rings. The van der Waals surface area contributed by atoms with Gasteiger partial charge in [0.25, 0.3) is 0 Å². The van der Waals surface area contributed by atoms with Crippen molar-refractivity contribution >= 4 is 0 Å². The van der Waals surface area contributed by atoms with Crippen LogP contribution in [-0.4, -0.2) is 24.0 Å². The Morgan fingerprint density at radius 1 is 1.19 bits per heavy atom. The van der Waals surface area contributed by atoms with E-state index in [-0.39, 0.29) is 17.4 Å². The molecule has 96 valence electrons. The molecule has 0 aromatic heterocycles. The Kier molecular flexibility index (Phi) is 4.77. The van der Waals surface area contributed by atoms with Crippen LogP contribution < -0.4 is 10.6 Å². The molecule has 0 aromatic rings. The highest BCUT2D eigenvalue weighted by Gasteiger charge is 2.37. The zero-order chi connectivity index (χ0) is 12.2. The molecule has 3 nitrogen and oxygen atoms in total. The molecule has 1 atom stereocenters. The summed E-state index contributed by atoms with van der Waals surface area (Å²) in [6.07, 6.45) is 4.84. The van der Waals surface area contributed by atoms with Crippen LogP contribution in [0, 0.1) is 0 Å². The summed E-state index contributed by atoms with van der Waals surface area (Å²) in [5.41, 5.74) is 0.211. The van der Waals surface area contributed by atoms with Crippen molar-refractivity contribution in [2.75, 3.05) is 6.61 Å². The molecule has 1 aliphatic heterocycles. The molecule has 1 rings (SSSR count). The maximum atomic E-state index is 5.29. The van der Waals surface area contributed by atoms with Crippen molar-refractivity contribution in [3.8, 4) is 0 Å². The van der Waals surface area contributed by atoms with Gasteiger partial charge in [-0.05, 0) is 33.1 Å². The number of nitrogens with one attached hydrogen (secondary N) is 2. The Hall–Kier alpha value is -0.120. The standard InChI is InChI=1S/C13H28N2O/c1-6-9-12(4,5)15-13(7-2,8-3)14-11-10-16-11/h11,14-15H,6-10H2,1-5H3. The highest BCUT2D eigenvalue weighted by molar-refractivity contribution is 4.93. The fraction of sp³-hybridized carbons (Fsp3) is 1.00. The Labute approximate surface area is 100 Å². The third kappa shape index (κ3) is 4.04. The molecule has 1 aliphatic rings. The van der Waals surface area contributed by atoms with Gasteiger partial charge < -0.3 is 4.74 Å². The van der Waals surface area contributed by atoms with Gasteiger partial charge in [-0.1, -0.05) is 27.2 Å². The zero-order valence-electron chi connectivity index (χ0n) is 11.5. The van der Waals surface area contributed by atoms with Gasteiger partial charge in [-0.25, -0.2) is 0 Å². The monoisotopic (exact) mass is 228 g/mol. The molecular formula is C13H28N2O. The number of rotatable bonds is 8. The van der Waals surface area contributed by atoms with E-state index in [0.717, 1.165) is 19.4 Å². The van der Waals surface area contributed by atoms with Crippen molar-refractivity contribution < 1.29 is 4.74 Å². The fourth-order valence-corrected chi connectivity index (χ4v) is 2.44. The highest BCUT2D eigenvalue weighted by Crippen LogP contribution is 2.23. The SMILES string of the molecule is CCCC(C)(C)NC(CC)(CC)NC1CO1. The molecule has 1 heterocycles. The summed E-state index contributed by atoms with van der Waals surface area (Å²) >= 11 is 0. The molecule has 2 N–H and O–H groups in total. The first kappa shape index (κ1) is 13.9. The molecule has 1 unspecified atom stereocenters. The summed E-state index contributed by atoms with van der Waals surface area (Å²) in [5, 5.41) is 7.37. The van der Waals surface area contributed by atoms with E-state index in [4.69, 9.17) is 4.74 Å². The van der Waals surface area contributed by atoms with E-state index in [1.165, 1.54) is 12.8 Å². The molecule has 16 heavy (non-hydrogen) atoms. The Balaban J connectivity index is 2.60. The van der Waals surface area contributed by atoms with Crippen LogP contribution >= 0.6 is 0 Å². The number of hydrogen-bond acceptors (Lipinski definition) is 3. The lowest BCUT2D eigenvalue weighted by Gasteiger charge is -2.41. The smallest absolute Gasteiger partial charge is 0.133 e. The van der Waals surface area contributed by atoms with E-state index >= 15 is 0 Å². The topological polar surface area (TPSA) is 36.6 Å². The third-order valence-electron chi connectivity index (χ3n) is 3.43. The second-order valence-corrected chi connectivity index (χ2v) is 5.51. The zero-order valence-corrected chi connectivity index (χ0v) is 11.5. The van der Waals surface area contributed by atoms with Crippen molar-refractivity contribution in [2.24, 2.45) is 0 Å². The molecule has 0 aliphatic carbocycles. The minimum atomic E-state index is 0.0276. The van der Waals surface area contributed by atoms with Crippen LogP contribution in [0.15, 0.2) is 0 Å². The lowest BCUT2D eigenvalue weighted by atomic mass is 9.93. The second kappa shape index (κ2) is 5.48. The van der Waals surface area contributed by atoms with Crippen LogP contribution in [0.3, 0.4) is 0 Å². The minimum absolute atomic E-state index is 0.0276. The maximum Gasteiger partial charge on any atom is 0.133 e. The molecule has 0 amide bonds. The Morgan fingerprint density at radius 2 is 1.75 bits per heavy atom. The van der Waals surface area contributed by atoms with Crippen molar-refractivity contribution in [1.82, 2.24) is 10.6 Å². The summed E-state index contributed by atoms with van der Waals surface area (Å²) in [7, 11) is 0. The predicted octanol–water partition coefficient (Wildman–Crippen LogP) is 2.62. The highest BCUT2D eigenvalue weighted by atomic mass is 16.6. The van der Waals surface area contributed by atoms with Crippen LogP contribution in [0.4, 0.5) is 0 Å². The van der Waals surface area contributed by atoms with Crippen LogP contribution in [0.2, 0.25) is 0 Å². The minimum Gasteiger partial charge on any atom is -0.357 e. The van der Waals surface area contributed by atoms with Gasteiger partial charge in [0, 0.05) is 5.54 Å². The van der Waals surface area contributed by atoms with Crippen LogP contribution in [0.25, 0.3) is 0 Å². The van der Waals surface area contributed by atoms with Crippen LogP contribution in [-0.2, 0) is 4.74 Å². The van der Waals surface area contributed by atoms with E-state index in [1.54, 1.807) is 0 Å². The quantitative estimate of drug-likeness (QED) is 0.495. The molecule has 0 radical (unpaired) electrons. The van der Waals surface area contributed by atoms with Gasteiger partial charge >= 0.3 is 0 Å². The molecule has 0 bridgehead atoms. The van der Waals surface area contributed by atoms with E-state index in [0.29, 0.717) is 0 Å². The maximum absolute atomic E-state index is 5.29. The van der Waals surface area contributed by atoms with E-state index < -0.39 is 0 Å². The Bertz CT molecular complexity index is 208. The van der Waals surface area contributed by atoms with E-state index in [9.17, 15) is 0 Å². The second-order valence-electron chi connectivity index (χ2n) is 5.51. The number of epoxide rings is 1. The molecule has 0 aromatic carbocycles. The van der Waals surface area contributed by atoms with Crippen molar-refractivity contribution in [2.45, 2.75) is 77.7 Å². The molecule has 0 saturated carbocycles. The Morgan fingerprint density at radius 3 is 2.12 bits per heavy atom. The lowest BCUT2D eigenvalue weighted by Crippen LogP contribution is -2.63. The predicted molar refractivity (Wildman–Crippen MR) is 68.3 cm³/mol. The summed E-state index contributed by atoms with van der Waals surface area (Å²) in [4.78, 5) is 0. The fourth-order valence-electron chi connectivity index (χ4n) is 2.44. The first-order valence-electron chi connectivity index (χ1n) is 6.65. The average Bonchev–Trinajstić information content (AvgIpc) is 3.00. The first-order chi connectivity index (χ1) is 7.47. The normalized spacial score (nSPS) is 21.2. The third-order valence-corrected chi connectivity index (χ3v) is 3.43. The summed E-state index contributed by atoms with van der Waals surface area (Å²) in [5.74, 6) is 0. The van der Waals surface area contributed by atoms with Gasteiger partial charge in [0.15, 0.2) is 0 Å². The first-order valence-corrected chi connectivity index (χ1v) is 6.65. The van der Waals surface area contributed by atoms with E-state index in [1.807, 2.05) is 0 Å². The summed E-state index contributed by atoms with van der Waals surface area (Å²) in [6, 6.07) is 0. The molecule has 1 saturated heterocycles. The van der Waals surface area contributed by atoms with Crippen LogP contribution in [0.5, 0.6) is 0 Å². The van der Waals surface area contributed by atoms with Crippen molar-refractivity contribution in [3.05, 3.63) is 0 Å². The molecule has 3 heteroatoms. The van der Waals surface area contributed by atoms with Gasteiger partial charge in [-0.3, -0.25) is 10.6 Å². The summed E-state index contributed by atoms with van der Waals surface area (Å²) in [6.45, 7) is 12.1. The summed E-state index contributed by atoms with van der Waals surface area (Å²) < 4.78 is 5.29. The largest absolute Gasteiger partial charge is 0.357 e. The van der Waals surface area contributed by atoms with E-state index in [2.05, 4.69) is 45.3 Å². The average molecular weight is 228 g/mol.